The fourth-order valence-electron chi connectivity index (χ4n) is 2.46. The molecule has 3 atom stereocenters. The Kier molecular flexibility index (Phi) is 4.51. The van der Waals surface area contributed by atoms with Crippen molar-refractivity contribution >= 4 is 22.6 Å². The molecule has 2 rings (SSSR count). The number of aliphatic hydroxyl groups excluding tert-OH is 1. The van der Waals surface area contributed by atoms with E-state index in [1.807, 2.05) is 30.3 Å². The molecule has 4 heteroatoms. The highest BCUT2D eigenvalue weighted by Gasteiger charge is 2.48. The van der Waals surface area contributed by atoms with E-state index in [0.717, 1.165) is 18.4 Å². The SMILES string of the molecule is CC(C)S[C@@]1(C(O)c2ccccc2)CCCS1=O. The Hall–Kier alpha value is -0.320. The Morgan fingerprint density at radius 1 is 1.33 bits per heavy atom. The molecule has 0 saturated carbocycles. The van der Waals surface area contributed by atoms with Gasteiger partial charge in [0.1, 0.15) is 10.2 Å². The first-order valence-corrected chi connectivity index (χ1v) is 8.55. The van der Waals surface area contributed by atoms with Gasteiger partial charge in [0.15, 0.2) is 0 Å². The highest BCUT2D eigenvalue weighted by molar-refractivity contribution is 8.13. The first-order valence-electron chi connectivity index (χ1n) is 6.35. The second kappa shape index (κ2) is 5.76. The average molecular weight is 284 g/mol. The van der Waals surface area contributed by atoms with Crippen molar-refractivity contribution in [3.05, 3.63) is 35.9 Å². The molecule has 0 amide bonds. The van der Waals surface area contributed by atoms with Crippen molar-refractivity contribution in [2.75, 3.05) is 5.75 Å². The van der Waals surface area contributed by atoms with Gasteiger partial charge < -0.3 is 5.11 Å². The van der Waals surface area contributed by atoms with Gasteiger partial charge in [-0.05, 0) is 18.4 Å². The molecule has 0 radical (unpaired) electrons. The zero-order valence-corrected chi connectivity index (χ0v) is 12.5. The van der Waals surface area contributed by atoms with Gasteiger partial charge in [0, 0.05) is 21.8 Å². The van der Waals surface area contributed by atoms with Crippen molar-refractivity contribution in [1.29, 1.82) is 0 Å². The van der Waals surface area contributed by atoms with E-state index >= 15 is 0 Å². The lowest BCUT2D eigenvalue weighted by atomic mass is 10.0. The van der Waals surface area contributed by atoms with Crippen LogP contribution in [0.1, 0.15) is 38.4 Å². The Morgan fingerprint density at radius 2 is 2.00 bits per heavy atom. The summed E-state index contributed by atoms with van der Waals surface area (Å²) in [4.78, 5) is 0. The molecule has 0 spiro atoms. The molecule has 1 aromatic rings. The summed E-state index contributed by atoms with van der Waals surface area (Å²) in [6.45, 7) is 4.19. The molecule has 1 aliphatic rings. The second-order valence-electron chi connectivity index (χ2n) is 4.94. The fraction of sp³-hybridized carbons (Fsp3) is 0.571. The molecule has 1 fully saturated rings. The third-order valence-electron chi connectivity index (χ3n) is 3.21. The Bertz CT molecular complexity index is 419. The minimum Gasteiger partial charge on any atom is -0.386 e. The van der Waals surface area contributed by atoms with Gasteiger partial charge in [-0.15, -0.1) is 11.8 Å². The van der Waals surface area contributed by atoms with Gasteiger partial charge in [-0.2, -0.15) is 0 Å². The van der Waals surface area contributed by atoms with E-state index in [9.17, 15) is 9.32 Å². The van der Waals surface area contributed by atoms with Crippen molar-refractivity contribution in [2.45, 2.75) is 42.1 Å². The lowest BCUT2D eigenvalue weighted by Gasteiger charge is -2.34. The molecule has 2 nitrogen and oxygen atoms in total. The van der Waals surface area contributed by atoms with Crippen molar-refractivity contribution in [3.8, 4) is 0 Å². The van der Waals surface area contributed by atoms with Crippen LogP contribution in [0.4, 0.5) is 0 Å². The van der Waals surface area contributed by atoms with Crippen LogP contribution in [-0.4, -0.2) is 24.4 Å². The van der Waals surface area contributed by atoms with Gasteiger partial charge in [-0.25, -0.2) is 0 Å². The molecular formula is C14H20O2S2. The number of aliphatic hydroxyl groups is 1. The van der Waals surface area contributed by atoms with Crippen molar-refractivity contribution in [2.24, 2.45) is 0 Å². The standard InChI is InChI=1S/C14H20O2S2/c1-11(2)17-14(9-6-10-18(14)16)13(15)12-7-4-3-5-8-12/h3-5,7-8,11,13,15H,6,9-10H2,1-2H3/t13?,14-,18?/m0/s1. The summed E-state index contributed by atoms with van der Waals surface area (Å²) in [7, 11) is -0.957. The summed E-state index contributed by atoms with van der Waals surface area (Å²) in [6, 6.07) is 9.62. The number of rotatable bonds is 4. The van der Waals surface area contributed by atoms with Gasteiger partial charge >= 0.3 is 0 Å². The summed E-state index contributed by atoms with van der Waals surface area (Å²) < 4.78 is 11.9. The zero-order valence-electron chi connectivity index (χ0n) is 10.8. The first kappa shape index (κ1) is 14.1. The number of benzene rings is 1. The largest absolute Gasteiger partial charge is 0.386 e. The Labute approximate surface area is 116 Å². The highest BCUT2D eigenvalue weighted by atomic mass is 32.2. The number of thioether (sulfide) groups is 1. The predicted octanol–water partition coefficient (Wildman–Crippen LogP) is 3.10. The molecule has 1 aromatic carbocycles. The van der Waals surface area contributed by atoms with E-state index in [1.165, 1.54) is 0 Å². The molecule has 18 heavy (non-hydrogen) atoms. The van der Waals surface area contributed by atoms with E-state index in [2.05, 4.69) is 13.8 Å². The summed E-state index contributed by atoms with van der Waals surface area (Å²) in [5, 5.41) is 11.0. The third kappa shape index (κ3) is 2.65. The summed E-state index contributed by atoms with van der Waals surface area (Å²) in [6.07, 6.45) is 1.13. The van der Waals surface area contributed by atoms with Gasteiger partial charge in [0.05, 0.1) is 0 Å². The first-order chi connectivity index (χ1) is 8.56. The lowest BCUT2D eigenvalue weighted by molar-refractivity contribution is 0.160. The topological polar surface area (TPSA) is 37.3 Å². The lowest BCUT2D eigenvalue weighted by Crippen LogP contribution is -2.35. The quantitative estimate of drug-likeness (QED) is 0.923. The van der Waals surface area contributed by atoms with E-state index < -0.39 is 21.0 Å². The van der Waals surface area contributed by atoms with E-state index in [-0.39, 0.29) is 0 Å². The molecule has 0 aromatic heterocycles. The van der Waals surface area contributed by atoms with Crippen LogP contribution in [0, 0.1) is 0 Å². The summed E-state index contributed by atoms with van der Waals surface area (Å²) >= 11 is 1.67. The molecular weight excluding hydrogens is 264 g/mol. The van der Waals surface area contributed by atoms with E-state index in [4.69, 9.17) is 0 Å². The summed E-state index contributed by atoms with van der Waals surface area (Å²) in [5.74, 6) is 0.712. The van der Waals surface area contributed by atoms with Crippen LogP contribution in [0.5, 0.6) is 0 Å². The highest BCUT2D eigenvalue weighted by Crippen LogP contribution is 2.49. The molecule has 100 valence electrons. The van der Waals surface area contributed by atoms with Gasteiger partial charge in [-0.1, -0.05) is 44.2 Å². The van der Waals surface area contributed by atoms with Crippen molar-refractivity contribution in [3.63, 3.8) is 0 Å². The molecule has 0 aliphatic carbocycles. The van der Waals surface area contributed by atoms with Crippen LogP contribution in [0.2, 0.25) is 0 Å². The van der Waals surface area contributed by atoms with Crippen LogP contribution in [0.3, 0.4) is 0 Å². The van der Waals surface area contributed by atoms with Crippen LogP contribution < -0.4 is 0 Å². The van der Waals surface area contributed by atoms with Crippen molar-refractivity contribution < 1.29 is 9.32 Å². The molecule has 1 saturated heterocycles. The zero-order chi connectivity index (χ0) is 13.2. The third-order valence-corrected chi connectivity index (χ3v) is 7.21. The van der Waals surface area contributed by atoms with E-state index in [0.29, 0.717) is 11.0 Å². The Morgan fingerprint density at radius 3 is 2.50 bits per heavy atom. The molecule has 0 bridgehead atoms. The van der Waals surface area contributed by atoms with E-state index in [1.54, 1.807) is 11.8 Å². The number of hydrogen-bond acceptors (Lipinski definition) is 3. The normalized spacial score (nSPS) is 29.7. The maximum Gasteiger partial charge on any atom is 0.121 e. The molecule has 1 N–H and O–H groups in total. The maximum absolute atomic E-state index is 12.4. The van der Waals surface area contributed by atoms with Crippen LogP contribution in [-0.2, 0) is 10.8 Å². The van der Waals surface area contributed by atoms with Gasteiger partial charge in [0.25, 0.3) is 0 Å². The van der Waals surface area contributed by atoms with Gasteiger partial charge in [0.2, 0.25) is 0 Å². The fourth-order valence-corrected chi connectivity index (χ4v) is 6.55. The monoisotopic (exact) mass is 284 g/mol. The van der Waals surface area contributed by atoms with Crippen LogP contribution in [0.25, 0.3) is 0 Å². The Balaban J connectivity index is 2.32. The van der Waals surface area contributed by atoms with Crippen LogP contribution >= 0.6 is 11.8 Å². The van der Waals surface area contributed by atoms with Crippen LogP contribution in [0.15, 0.2) is 30.3 Å². The second-order valence-corrected chi connectivity index (χ2v) is 8.94. The summed E-state index contributed by atoms with van der Waals surface area (Å²) in [5.41, 5.74) is 0.876. The average Bonchev–Trinajstić information content (AvgIpc) is 2.71. The van der Waals surface area contributed by atoms with Crippen molar-refractivity contribution in [1.82, 2.24) is 0 Å². The van der Waals surface area contributed by atoms with Gasteiger partial charge in [-0.3, -0.25) is 4.21 Å². The smallest absolute Gasteiger partial charge is 0.121 e. The maximum atomic E-state index is 12.4. The predicted molar refractivity (Wildman–Crippen MR) is 79.1 cm³/mol. The number of hydrogen-bond donors (Lipinski definition) is 1. The molecule has 1 aliphatic heterocycles. The minimum atomic E-state index is -0.957. The minimum absolute atomic E-state index is 0.366. The molecule has 1 heterocycles. The molecule has 2 unspecified atom stereocenters.